The molecule has 31 heavy (non-hydrogen) atoms. The maximum absolute atomic E-state index is 12.6. The van der Waals surface area contributed by atoms with Gasteiger partial charge in [0.15, 0.2) is 0 Å². The van der Waals surface area contributed by atoms with Gasteiger partial charge in [0.05, 0.1) is 11.4 Å². The molecule has 2 amide bonds. The standard InChI is InChI=1S/C25H29N3O2S/c29-24(18-12-16-27(17-13-18)25(30)19-10-11-19)26-14-5-15-28-20-6-1-3-8-22(20)31-23-9-4-2-7-21(23)28/h1-4,6-9,18-19H,5,10-17H2,(H,26,29). The maximum atomic E-state index is 12.6. The summed E-state index contributed by atoms with van der Waals surface area (Å²) in [6.07, 6.45) is 4.55. The van der Waals surface area contributed by atoms with Crippen molar-refractivity contribution in [2.45, 2.75) is 41.9 Å². The van der Waals surface area contributed by atoms with E-state index in [4.69, 9.17) is 0 Å². The van der Waals surface area contributed by atoms with Crippen molar-refractivity contribution < 1.29 is 9.59 Å². The highest BCUT2D eigenvalue weighted by Crippen LogP contribution is 2.47. The number of anilines is 2. The fourth-order valence-electron chi connectivity index (χ4n) is 4.57. The molecule has 1 aliphatic carbocycles. The molecule has 2 fully saturated rings. The second-order valence-corrected chi connectivity index (χ2v) is 9.79. The van der Waals surface area contributed by atoms with Crippen molar-refractivity contribution in [2.75, 3.05) is 31.1 Å². The lowest BCUT2D eigenvalue weighted by Gasteiger charge is -2.33. The molecular weight excluding hydrogens is 406 g/mol. The van der Waals surface area contributed by atoms with Gasteiger partial charge in [-0.25, -0.2) is 0 Å². The second-order valence-electron chi connectivity index (χ2n) is 8.71. The molecule has 162 valence electrons. The molecule has 5 nitrogen and oxygen atoms in total. The van der Waals surface area contributed by atoms with Gasteiger partial charge >= 0.3 is 0 Å². The highest BCUT2D eigenvalue weighted by atomic mass is 32.2. The predicted molar refractivity (Wildman–Crippen MR) is 124 cm³/mol. The first-order valence-corrected chi connectivity index (χ1v) is 12.2. The number of piperidine rings is 1. The Balaban J connectivity index is 1.12. The summed E-state index contributed by atoms with van der Waals surface area (Å²) in [5, 5.41) is 3.14. The van der Waals surface area contributed by atoms with E-state index in [1.165, 1.54) is 21.2 Å². The minimum Gasteiger partial charge on any atom is -0.356 e. The molecule has 0 spiro atoms. The monoisotopic (exact) mass is 435 g/mol. The Morgan fingerprint density at radius 3 is 2.10 bits per heavy atom. The zero-order valence-corrected chi connectivity index (χ0v) is 18.6. The summed E-state index contributed by atoms with van der Waals surface area (Å²) in [6, 6.07) is 17.0. The van der Waals surface area contributed by atoms with Crippen LogP contribution in [0.4, 0.5) is 11.4 Å². The van der Waals surface area contributed by atoms with Crippen molar-refractivity contribution >= 4 is 35.0 Å². The Labute approximate surface area is 188 Å². The lowest BCUT2D eigenvalue weighted by atomic mass is 9.95. The van der Waals surface area contributed by atoms with E-state index in [0.29, 0.717) is 12.5 Å². The number of nitrogens with one attached hydrogen (secondary N) is 1. The van der Waals surface area contributed by atoms with Crippen LogP contribution in [0, 0.1) is 11.8 Å². The van der Waals surface area contributed by atoms with Crippen LogP contribution >= 0.6 is 11.8 Å². The van der Waals surface area contributed by atoms with Crippen molar-refractivity contribution in [3.05, 3.63) is 48.5 Å². The molecule has 0 unspecified atom stereocenters. The van der Waals surface area contributed by atoms with Crippen LogP contribution in [0.3, 0.4) is 0 Å². The van der Waals surface area contributed by atoms with E-state index in [2.05, 4.69) is 58.7 Å². The predicted octanol–water partition coefficient (Wildman–Crippen LogP) is 4.44. The number of carbonyl (C=O) groups is 2. The number of hydrogen-bond acceptors (Lipinski definition) is 4. The van der Waals surface area contributed by atoms with Crippen LogP contribution in [0.5, 0.6) is 0 Å². The molecule has 5 rings (SSSR count). The smallest absolute Gasteiger partial charge is 0.225 e. The van der Waals surface area contributed by atoms with Crippen LogP contribution in [-0.4, -0.2) is 42.9 Å². The van der Waals surface area contributed by atoms with Crippen molar-refractivity contribution in [1.29, 1.82) is 0 Å². The molecule has 0 atom stereocenters. The lowest BCUT2D eigenvalue weighted by Crippen LogP contribution is -2.43. The van der Waals surface area contributed by atoms with Gasteiger partial charge in [-0.1, -0.05) is 36.0 Å². The Morgan fingerprint density at radius 1 is 0.871 bits per heavy atom. The fraction of sp³-hybridized carbons (Fsp3) is 0.440. The quantitative estimate of drug-likeness (QED) is 0.682. The molecule has 0 radical (unpaired) electrons. The molecule has 1 saturated heterocycles. The average Bonchev–Trinajstić information content (AvgIpc) is 3.66. The normalized spacial score (nSPS) is 18.3. The van der Waals surface area contributed by atoms with Gasteiger partial charge in [0.2, 0.25) is 11.8 Å². The van der Waals surface area contributed by atoms with Gasteiger partial charge in [-0.15, -0.1) is 0 Å². The lowest BCUT2D eigenvalue weighted by molar-refractivity contribution is -0.136. The van der Waals surface area contributed by atoms with Crippen molar-refractivity contribution in [3.63, 3.8) is 0 Å². The van der Waals surface area contributed by atoms with Crippen LogP contribution in [0.25, 0.3) is 0 Å². The van der Waals surface area contributed by atoms with E-state index in [1.54, 1.807) is 0 Å². The summed E-state index contributed by atoms with van der Waals surface area (Å²) < 4.78 is 0. The zero-order valence-electron chi connectivity index (χ0n) is 17.8. The van der Waals surface area contributed by atoms with Crippen LogP contribution < -0.4 is 10.2 Å². The number of fused-ring (bicyclic) bond motifs is 2. The molecular formula is C25H29N3O2S. The second kappa shape index (κ2) is 8.95. The number of amides is 2. The fourth-order valence-corrected chi connectivity index (χ4v) is 5.66. The number of carbonyl (C=O) groups excluding carboxylic acids is 2. The number of nitrogens with zero attached hydrogens (tertiary/aromatic N) is 2. The Kier molecular flexibility index (Phi) is 5.90. The molecule has 3 aliphatic rings. The van der Waals surface area contributed by atoms with E-state index in [0.717, 1.165) is 51.7 Å². The van der Waals surface area contributed by atoms with Gasteiger partial charge in [0.1, 0.15) is 0 Å². The molecule has 6 heteroatoms. The number of benzene rings is 2. The summed E-state index contributed by atoms with van der Waals surface area (Å²) in [6.45, 7) is 3.00. The molecule has 1 N–H and O–H groups in total. The number of para-hydroxylation sites is 2. The summed E-state index contributed by atoms with van der Waals surface area (Å²) >= 11 is 1.82. The van der Waals surface area contributed by atoms with E-state index in [-0.39, 0.29) is 17.7 Å². The molecule has 2 aliphatic heterocycles. The minimum atomic E-state index is 0.0380. The molecule has 2 aromatic rings. The molecule has 2 heterocycles. The van der Waals surface area contributed by atoms with Gasteiger partial charge in [0.25, 0.3) is 0 Å². The van der Waals surface area contributed by atoms with Crippen molar-refractivity contribution in [3.8, 4) is 0 Å². The number of rotatable bonds is 6. The first kappa shape index (κ1) is 20.4. The van der Waals surface area contributed by atoms with Crippen LogP contribution in [0.1, 0.15) is 32.1 Å². The van der Waals surface area contributed by atoms with Crippen LogP contribution in [-0.2, 0) is 9.59 Å². The summed E-state index contributed by atoms with van der Waals surface area (Å²) in [4.78, 5) is 31.7. The summed E-state index contributed by atoms with van der Waals surface area (Å²) in [5.74, 6) is 0.762. The van der Waals surface area contributed by atoms with Gasteiger partial charge in [-0.2, -0.15) is 0 Å². The largest absolute Gasteiger partial charge is 0.356 e. The number of likely N-dealkylation sites (tertiary alicyclic amines) is 1. The van der Waals surface area contributed by atoms with Crippen molar-refractivity contribution in [2.24, 2.45) is 11.8 Å². The third kappa shape index (κ3) is 4.45. The summed E-state index contributed by atoms with van der Waals surface area (Å²) in [7, 11) is 0. The highest BCUT2D eigenvalue weighted by Gasteiger charge is 2.35. The Bertz CT molecular complexity index is 921. The SMILES string of the molecule is O=C(NCCCN1c2ccccc2Sc2ccccc21)C1CCN(C(=O)C2CC2)CC1. The maximum Gasteiger partial charge on any atom is 0.225 e. The molecule has 2 aromatic carbocycles. The minimum absolute atomic E-state index is 0.0380. The van der Waals surface area contributed by atoms with Crippen LogP contribution in [0.15, 0.2) is 58.3 Å². The molecule has 0 aromatic heterocycles. The number of hydrogen-bond donors (Lipinski definition) is 1. The first-order chi connectivity index (χ1) is 15.2. The van der Waals surface area contributed by atoms with Gasteiger partial charge in [-0.3, -0.25) is 9.59 Å². The first-order valence-electron chi connectivity index (χ1n) is 11.4. The van der Waals surface area contributed by atoms with Gasteiger partial charge in [0, 0.05) is 47.8 Å². The van der Waals surface area contributed by atoms with Gasteiger partial charge < -0.3 is 15.1 Å². The third-order valence-electron chi connectivity index (χ3n) is 6.49. The van der Waals surface area contributed by atoms with E-state index >= 15 is 0 Å². The average molecular weight is 436 g/mol. The zero-order chi connectivity index (χ0) is 21.2. The van der Waals surface area contributed by atoms with E-state index in [1.807, 2.05) is 16.7 Å². The van der Waals surface area contributed by atoms with E-state index in [9.17, 15) is 9.59 Å². The third-order valence-corrected chi connectivity index (χ3v) is 7.62. The Morgan fingerprint density at radius 2 is 1.48 bits per heavy atom. The highest BCUT2D eigenvalue weighted by molar-refractivity contribution is 7.99. The van der Waals surface area contributed by atoms with Crippen LogP contribution in [0.2, 0.25) is 0 Å². The molecule has 0 bridgehead atoms. The van der Waals surface area contributed by atoms with E-state index < -0.39 is 0 Å². The Hall–Kier alpha value is -2.47. The summed E-state index contributed by atoms with van der Waals surface area (Å²) in [5.41, 5.74) is 2.48. The van der Waals surface area contributed by atoms with Gasteiger partial charge in [-0.05, 0) is 56.4 Å². The van der Waals surface area contributed by atoms with Crippen molar-refractivity contribution in [1.82, 2.24) is 10.2 Å². The topological polar surface area (TPSA) is 52.7 Å². The molecule has 1 saturated carbocycles.